The van der Waals surface area contributed by atoms with Gasteiger partial charge in [0.2, 0.25) is 5.72 Å². The fourth-order valence-corrected chi connectivity index (χ4v) is 2.96. The van der Waals surface area contributed by atoms with Gasteiger partial charge in [-0.05, 0) is 17.7 Å². The zero-order valence-electron chi connectivity index (χ0n) is 11.8. The molecule has 22 heavy (non-hydrogen) atoms. The zero-order valence-corrected chi connectivity index (χ0v) is 11.8. The van der Waals surface area contributed by atoms with Crippen LogP contribution in [0.4, 0.5) is 5.69 Å². The average Bonchev–Trinajstić information content (AvgIpc) is 3.10. The molecule has 0 saturated heterocycles. The third kappa shape index (κ3) is 1.98. The van der Waals surface area contributed by atoms with E-state index in [1.807, 2.05) is 6.07 Å². The molecule has 1 aliphatic heterocycles. The number of nitro benzene ring substituents is 1. The van der Waals surface area contributed by atoms with Crippen molar-refractivity contribution in [3.05, 3.63) is 64.0 Å². The van der Waals surface area contributed by atoms with Crippen LogP contribution in [0.3, 0.4) is 0 Å². The number of nitro groups is 1. The first-order valence-electron chi connectivity index (χ1n) is 6.70. The third-order valence-electron chi connectivity index (χ3n) is 4.04. The number of rotatable bonds is 3. The molecule has 0 radical (unpaired) electrons. The van der Waals surface area contributed by atoms with Gasteiger partial charge in [0.05, 0.1) is 12.0 Å². The Morgan fingerprint density at radius 2 is 2.09 bits per heavy atom. The van der Waals surface area contributed by atoms with Crippen LogP contribution in [0.1, 0.15) is 23.6 Å². The second kappa shape index (κ2) is 4.96. The molecule has 1 N–H and O–H groups in total. The maximum absolute atomic E-state index is 11.9. The van der Waals surface area contributed by atoms with Crippen LogP contribution in [0.5, 0.6) is 0 Å². The molecular weight excluding hydrogens is 288 g/mol. The molecule has 7 heteroatoms. The Hall–Kier alpha value is -2.67. The monoisotopic (exact) mass is 302 g/mol. The number of benzene rings is 1. The van der Waals surface area contributed by atoms with Crippen molar-refractivity contribution in [2.45, 2.75) is 18.1 Å². The highest BCUT2D eigenvalue weighted by Gasteiger charge is 2.49. The minimum atomic E-state index is -1.75. The maximum atomic E-state index is 11.9. The molecule has 2 aromatic rings. The molecule has 2 atom stereocenters. The molecule has 114 valence electrons. The lowest BCUT2D eigenvalue weighted by atomic mass is 9.91. The molecule has 1 aliphatic rings. The summed E-state index contributed by atoms with van der Waals surface area (Å²) in [5.74, 6) is -0.964. The van der Waals surface area contributed by atoms with Gasteiger partial charge in [0, 0.05) is 36.4 Å². The highest BCUT2D eigenvalue weighted by Crippen LogP contribution is 2.43. The average molecular weight is 302 g/mol. The predicted octanol–water partition coefficient (Wildman–Crippen LogP) is 1.75. The van der Waals surface area contributed by atoms with E-state index in [9.17, 15) is 20.0 Å². The highest BCUT2D eigenvalue weighted by molar-refractivity contribution is 5.78. The Morgan fingerprint density at radius 1 is 1.41 bits per heavy atom. The fourth-order valence-electron chi connectivity index (χ4n) is 2.96. The van der Waals surface area contributed by atoms with Crippen molar-refractivity contribution < 1.29 is 19.6 Å². The summed E-state index contributed by atoms with van der Waals surface area (Å²) in [6.45, 7) is 0. The van der Waals surface area contributed by atoms with Crippen molar-refractivity contribution in [1.29, 1.82) is 0 Å². The van der Waals surface area contributed by atoms with Gasteiger partial charge in [-0.1, -0.05) is 12.1 Å². The van der Waals surface area contributed by atoms with Gasteiger partial charge >= 0.3 is 5.97 Å². The second-order valence-corrected chi connectivity index (χ2v) is 5.22. The number of nitrogens with zero attached hydrogens (tertiary/aromatic N) is 2. The topological polar surface area (TPSA) is 94.6 Å². The molecule has 0 fully saturated rings. The first-order chi connectivity index (χ1) is 10.5. The van der Waals surface area contributed by atoms with Crippen molar-refractivity contribution in [2.24, 2.45) is 0 Å². The van der Waals surface area contributed by atoms with Crippen LogP contribution in [0.15, 0.2) is 42.6 Å². The standard InChI is InChI=1S/C15H14N2O5/c1-22-14(18)15(19)9-12(13-3-2-8-16(13)15)10-4-6-11(7-5-10)17(20)21/h2-8,12,19H,9H2,1H3. The lowest BCUT2D eigenvalue weighted by molar-refractivity contribution is -0.384. The maximum Gasteiger partial charge on any atom is 0.359 e. The van der Waals surface area contributed by atoms with E-state index in [1.54, 1.807) is 24.4 Å². The van der Waals surface area contributed by atoms with Gasteiger partial charge < -0.3 is 14.4 Å². The number of aliphatic hydroxyl groups is 1. The van der Waals surface area contributed by atoms with Gasteiger partial charge in [-0.15, -0.1) is 0 Å². The van der Waals surface area contributed by atoms with Crippen LogP contribution in [0.25, 0.3) is 0 Å². The molecule has 0 amide bonds. The number of hydrogen-bond donors (Lipinski definition) is 1. The summed E-state index contributed by atoms with van der Waals surface area (Å²) in [6, 6.07) is 9.66. The fraction of sp³-hybridized carbons (Fsp3) is 0.267. The minimum Gasteiger partial charge on any atom is -0.465 e. The normalized spacial score (nSPS) is 23.1. The summed E-state index contributed by atoms with van der Waals surface area (Å²) in [7, 11) is 1.22. The molecule has 1 aromatic carbocycles. The number of hydrogen-bond acceptors (Lipinski definition) is 5. The van der Waals surface area contributed by atoms with Crippen LogP contribution in [-0.2, 0) is 15.3 Å². The van der Waals surface area contributed by atoms with E-state index >= 15 is 0 Å². The Labute approximate surface area is 125 Å². The second-order valence-electron chi connectivity index (χ2n) is 5.22. The van der Waals surface area contributed by atoms with Crippen molar-refractivity contribution in [2.75, 3.05) is 7.11 Å². The van der Waals surface area contributed by atoms with Crippen molar-refractivity contribution in [3.8, 4) is 0 Å². The molecule has 2 unspecified atom stereocenters. The summed E-state index contributed by atoms with van der Waals surface area (Å²) < 4.78 is 6.19. The highest BCUT2D eigenvalue weighted by atomic mass is 16.6. The van der Waals surface area contributed by atoms with Gasteiger partial charge in [-0.2, -0.15) is 0 Å². The SMILES string of the molecule is COC(=O)C1(O)CC(c2ccc([N+](=O)[O-])cc2)c2cccn21. The van der Waals surface area contributed by atoms with E-state index in [-0.39, 0.29) is 18.0 Å². The number of esters is 1. The summed E-state index contributed by atoms with van der Waals surface area (Å²) in [5.41, 5.74) is -0.187. The third-order valence-corrected chi connectivity index (χ3v) is 4.04. The predicted molar refractivity (Wildman–Crippen MR) is 76.2 cm³/mol. The Kier molecular flexibility index (Phi) is 3.22. The molecule has 0 spiro atoms. The number of fused-ring (bicyclic) bond motifs is 1. The van der Waals surface area contributed by atoms with Crippen molar-refractivity contribution >= 4 is 11.7 Å². The molecular formula is C15H14N2O5. The summed E-state index contributed by atoms with van der Waals surface area (Å²) in [6.07, 6.45) is 1.76. The Balaban J connectivity index is 2.00. The quantitative estimate of drug-likeness (QED) is 0.529. The summed E-state index contributed by atoms with van der Waals surface area (Å²) in [5, 5.41) is 21.4. The van der Waals surface area contributed by atoms with Gasteiger partial charge in [0.1, 0.15) is 0 Å². The van der Waals surface area contributed by atoms with Gasteiger partial charge in [-0.3, -0.25) is 10.1 Å². The largest absolute Gasteiger partial charge is 0.465 e. The van der Waals surface area contributed by atoms with E-state index in [0.717, 1.165) is 11.3 Å². The smallest absolute Gasteiger partial charge is 0.359 e. The number of non-ortho nitro benzene ring substituents is 1. The molecule has 1 aromatic heterocycles. The Morgan fingerprint density at radius 3 is 2.68 bits per heavy atom. The van der Waals surface area contributed by atoms with Crippen LogP contribution in [-0.4, -0.2) is 27.7 Å². The summed E-state index contributed by atoms with van der Waals surface area (Å²) in [4.78, 5) is 22.2. The first kappa shape index (κ1) is 14.3. The van der Waals surface area contributed by atoms with Gasteiger partial charge in [0.25, 0.3) is 5.69 Å². The van der Waals surface area contributed by atoms with E-state index in [2.05, 4.69) is 0 Å². The van der Waals surface area contributed by atoms with Crippen LogP contribution >= 0.6 is 0 Å². The Bertz CT molecular complexity index is 737. The van der Waals surface area contributed by atoms with Crippen LogP contribution in [0.2, 0.25) is 0 Å². The first-order valence-corrected chi connectivity index (χ1v) is 6.70. The zero-order chi connectivity index (χ0) is 15.9. The molecule has 3 rings (SSSR count). The van der Waals surface area contributed by atoms with E-state index in [4.69, 9.17) is 4.74 Å². The number of methoxy groups -OCH3 is 1. The van der Waals surface area contributed by atoms with E-state index < -0.39 is 16.6 Å². The lowest BCUT2D eigenvalue weighted by Gasteiger charge is -2.22. The number of carbonyl (C=O) groups is 1. The minimum absolute atomic E-state index is 0.000333. The molecule has 0 aliphatic carbocycles. The lowest BCUT2D eigenvalue weighted by Crippen LogP contribution is -2.39. The van der Waals surface area contributed by atoms with Gasteiger partial charge in [-0.25, -0.2) is 4.79 Å². The summed E-state index contributed by atoms with van der Waals surface area (Å²) >= 11 is 0. The van der Waals surface area contributed by atoms with Crippen molar-refractivity contribution in [3.63, 3.8) is 0 Å². The molecule has 2 heterocycles. The molecule has 0 saturated carbocycles. The van der Waals surface area contributed by atoms with Crippen LogP contribution in [0, 0.1) is 10.1 Å². The molecule has 7 nitrogen and oxygen atoms in total. The van der Waals surface area contributed by atoms with E-state index in [0.29, 0.717) is 0 Å². The van der Waals surface area contributed by atoms with Gasteiger partial charge in [0.15, 0.2) is 0 Å². The number of carbonyl (C=O) groups excluding carboxylic acids is 1. The number of aromatic nitrogens is 1. The number of ether oxygens (including phenoxy) is 1. The van der Waals surface area contributed by atoms with E-state index in [1.165, 1.54) is 23.8 Å². The van der Waals surface area contributed by atoms with Crippen LogP contribution < -0.4 is 0 Å². The molecule has 0 bridgehead atoms. The van der Waals surface area contributed by atoms with Crippen molar-refractivity contribution in [1.82, 2.24) is 4.57 Å².